The van der Waals surface area contributed by atoms with Gasteiger partial charge in [0.05, 0.1) is 6.61 Å². The quantitative estimate of drug-likeness (QED) is 0.605. The molecule has 2 aromatic carbocycles. The number of esters is 1. The number of hydrogen-bond acceptors (Lipinski definition) is 3. The highest BCUT2D eigenvalue weighted by molar-refractivity contribution is 7.20. The van der Waals surface area contributed by atoms with Crippen LogP contribution in [0.2, 0.25) is 5.02 Å². The smallest absolute Gasteiger partial charge is 0.348 e. The van der Waals surface area contributed by atoms with Crippen LogP contribution in [0.5, 0.6) is 0 Å². The third-order valence-corrected chi connectivity index (χ3v) is 4.50. The van der Waals surface area contributed by atoms with Crippen LogP contribution in [0.25, 0.3) is 21.2 Å². The van der Waals surface area contributed by atoms with Gasteiger partial charge in [-0.3, -0.25) is 0 Å². The highest BCUT2D eigenvalue weighted by Crippen LogP contribution is 2.31. The van der Waals surface area contributed by atoms with Crippen molar-refractivity contribution in [3.05, 3.63) is 58.4 Å². The maximum absolute atomic E-state index is 11.8. The first-order valence-electron chi connectivity index (χ1n) is 6.64. The molecule has 0 spiro atoms. The molecule has 1 aromatic heterocycles. The number of benzene rings is 2. The third-order valence-electron chi connectivity index (χ3n) is 3.17. The van der Waals surface area contributed by atoms with Crippen LogP contribution in [0.1, 0.15) is 16.6 Å². The first-order valence-corrected chi connectivity index (χ1v) is 7.83. The lowest BCUT2D eigenvalue weighted by Crippen LogP contribution is -2.01. The normalized spacial score (nSPS) is 10.8. The fraction of sp³-hybridized carbons (Fsp3) is 0.118. The Bertz CT molecular complexity index is 790. The van der Waals surface area contributed by atoms with E-state index in [1.165, 1.54) is 11.3 Å². The highest BCUT2D eigenvalue weighted by atomic mass is 35.5. The number of hydrogen-bond donors (Lipinski definition) is 0. The molecule has 0 fully saturated rings. The molecule has 0 aliphatic heterocycles. The van der Waals surface area contributed by atoms with Crippen molar-refractivity contribution in [3.63, 3.8) is 0 Å². The summed E-state index contributed by atoms with van der Waals surface area (Å²) in [6, 6.07) is 15.8. The Morgan fingerprint density at radius 3 is 2.52 bits per heavy atom. The van der Waals surface area contributed by atoms with Gasteiger partial charge in [-0.25, -0.2) is 4.79 Å². The van der Waals surface area contributed by atoms with Crippen molar-refractivity contribution in [2.24, 2.45) is 0 Å². The van der Waals surface area contributed by atoms with Crippen molar-refractivity contribution in [2.75, 3.05) is 6.61 Å². The predicted octanol–water partition coefficient (Wildman–Crippen LogP) is 5.40. The zero-order valence-electron chi connectivity index (χ0n) is 11.4. The van der Waals surface area contributed by atoms with Crippen LogP contribution in [0.15, 0.2) is 48.5 Å². The number of ether oxygens (including phenoxy) is 1. The van der Waals surface area contributed by atoms with Crippen molar-refractivity contribution in [2.45, 2.75) is 6.92 Å². The van der Waals surface area contributed by atoms with Gasteiger partial charge in [-0.15, -0.1) is 11.3 Å². The van der Waals surface area contributed by atoms with Crippen LogP contribution in [-0.4, -0.2) is 12.6 Å². The molecule has 21 heavy (non-hydrogen) atoms. The second kappa shape index (κ2) is 5.88. The summed E-state index contributed by atoms with van der Waals surface area (Å²) in [7, 11) is 0. The molecule has 0 radical (unpaired) electrons. The maximum atomic E-state index is 11.8. The summed E-state index contributed by atoms with van der Waals surface area (Å²) in [5, 5.41) is 1.78. The Morgan fingerprint density at radius 2 is 1.81 bits per heavy atom. The van der Waals surface area contributed by atoms with Crippen molar-refractivity contribution >= 4 is 39.0 Å². The predicted molar refractivity (Wildman–Crippen MR) is 88.2 cm³/mol. The standard InChI is InChI=1S/C17H13ClO2S/c1-2-20-17(19)16-10-13-4-3-12(9-15(13)21-16)11-5-7-14(18)8-6-11/h3-10H,2H2,1H3. The Morgan fingerprint density at radius 1 is 1.10 bits per heavy atom. The number of thiophene rings is 1. The van der Waals surface area contributed by atoms with Gasteiger partial charge < -0.3 is 4.74 Å². The summed E-state index contributed by atoms with van der Waals surface area (Å²) >= 11 is 7.37. The van der Waals surface area contributed by atoms with Crippen molar-refractivity contribution in [1.82, 2.24) is 0 Å². The van der Waals surface area contributed by atoms with Gasteiger partial charge in [0.2, 0.25) is 0 Å². The average Bonchev–Trinajstić information content (AvgIpc) is 2.91. The zero-order valence-corrected chi connectivity index (χ0v) is 13.0. The molecule has 106 valence electrons. The van der Waals surface area contributed by atoms with Gasteiger partial charge in [0.1, 0.15) is 4.88 Å². The minimum Gasteiger partial charge on any atom is -0.462 e. The minimum atomic E-state index is -0.258. The van der Waals surface area contributed by atoms with Gasteiger partial charge in [-0.05, 0) is 47.7 Å². The molecule has 0 unspecified atom stereocenters. The van der Waals surface area contributed by atoms with E-state index in [1.54, 1.807) is 0 Å². The zero-order chi connectivity index (χ0) is 14.8. The summed E-state index contributed by atoms with van der Waals surface area (Å²) in [4.78, 5) is 12.4. The van der Waals surface area contributed by atoms with Crippen LogP contribution < -0.4 is 0 Å². The maximum Gasteiger partial charge on any atom is 0.348 e. The molecule has 3 rings (SSSR count). The SMILES string of the molecule is CCOC(=O)c1cc2ccc(-c3ccc(Cl)cc3)cc2s1. The van der Waals surface area contributed by atoms with Gasteiger partial charge in [0.15, 0.2) is 0 Å². The average molecular weight is 317 g/mol. The van der Waals surface area contributed by atoms with E-state index in [0.29, 0.717) is 11.5 Å². The largest absolute Gasteiger partial charge is 0.462 e. The fourth-order valence-electron chi connectivity index (χ4n) is 2.16. The van der Waals surface area contributed by atoms with Crippen molar-refractivity contribution < 1.29 is 9.53 Å². The number of fused-ring (bicyclic) bond motifs is 1. The molecule has 0 amide bonds. The minimum absolute atomic E-state index is 0.258. The lowest BCUT2D eigenvalue weighted by molar-refractivity contribution is 0.0532. The van der Waals surface area contributed by atoms with Gasteiger partial charge >= 0.3 is 5.97 Å². The van der Waals surface area contributed by atoms with Crippen LogP contribution in [0.4, 0.5) is 0 Å². The second-order valence-electron chi connectivity index (χ2n) is 4.59. The second-order valence-corrected chi connectivity index (χ2v) is 6.11. The molecule has 2 nitrogen and oxygen atoms in total. The van der Waals surface area contributed by atoms with E-state index in [2.05, 4.69) is 6.07 Å². The van der Waals surface area contributed by atoms with E-state index in [0.717, 1.165) is 26.2 Å². The van der Waals surface area contributed by atoms with Crippen LogP contribution in [0, 0.1) is 0 Å². The monoisotopic (exact) mass is 316 g/mol. The Labute approximate surface area is 131 Å². The molecule has 3 aromatic rings. The first-order chi connectivity index (χ1) is 10.2. The molecule has 0 N–H and O–H groups in total. The molecule has 0 bridgehead atoms. The number of halogens is 1. The molecule has 0 aliphatic rings. The van der Waals surface area contributed by atoms with Crippen molar-refractivity contribution in [1.29, 1.82) is 0 Å². The number of carbonyl (C=O) groups is 1. The summed E-state index contributed by atoms with van der Waals surface area (Å²) in [6.07, 6.45) is 0. The van der Waals surface area contributed by atoms with Crippen molar-refractivity contribution in [3.8, 4) is 11.1 Å². The van der Waals surface area contributed by atoms with Gasteiger partial charge in [-0.2, -0.15) is 0 Å². The summed E-state index contributed by atoms with van der Waals surface area (Å²) in [5.74, 6) is -0.258. The van der Waals surface area contributed by atoms with Crippen LogP contribution in [-0.2, 0) is 4.74 Å². The van der Waals surface area contributed by atoms with E-state index in [1.807, 2.05) is 49.4 Å². The van der Waals surface area contributed by atoms with Gasteiger partial charge in [0, 0.05) is 9.72 Å². The fourth-order valence-corrected chi connectivity index (χ4v) is 3.28. The third kappa shape index (κ3) is 2.94. The highest BCUT2D eigenvalue weighted by Gasteiger charge is 2.11. The Hall–Kier alpha value is -1.84. The Kier molecular flexibility index (Phi) is 3.95. The molecule has 0 aliphatic carbocycles. The van der Waals surface area contributed by atoms with Crippen LogP contribution in [0.3, 0.4) is 0 Å². The molecule has 1 heterocycles. The lowest BCUT2D eigenvalue weighted by atomic mass is 10.1. The van der Waals surface area contributed by atoms with E-state index >= 15 is 0 Å². The van der Waals surface area contributed by atoms with E-state index < -0.39 is 0 Å². The summed E-state index contributed by atoms with van der Waals surface area (Å²) in [5.41, 5.74) is 2.21. The number of rotatable bonds is 3. The van der Waals surface area contributed by atoms with E-state index in [-0.39, 0.29) is 5.97 Å². The lowest BCUT2D eigenvalue weighted by Gasteiger charge is -2.01. The van der Waals surface area contributed by atoms with E-state index in [9.17, 15) is 4.79 Å². The Balaban J connectivity index is 2.00. The molecular weight excluding hydrogens is 304 g/mol. The molecule has 0 atom stereocenters. The molecule has 0 saturated carbocycles. The molecule has 4 heteroatoms. The van der Waals surface area contributed by atoms with Crippen LogP contribution >= 0.6 is 22.9 Å². The summed E-state index contributed by atoms with van der Waals surface area (Å²) < 4.78 is 6.12. The number of carbonyl (C=O) groups excluding carboxylic acids is 1. The van der Waals surface area contributed by atoms with Gasteiger partial charge in [-0.1, -0.05) is 35.9 Å². The summed E-state index contributed by atoms with van der Waals surface area (Å²) in [6.45, 7) is 2.20. The first kappa shape index (κ1) is 14.1. The van der Waals surface area contributed by atoms with E-state index in [4.69, 9.17) is 16.3 Å². The topological polar surface area (TPSA) is 26.3 Å². The van der Waals surface area contributed by atoms with Gasteiger partial charge in [0.25, 0.3) is 0 Å². The molecular formula is C17H13ClO2S. The molecule has 0 saturated heterocycles.